The van der Waals surface area contributed by atoms with Gasteiger partial charge in [0.05, 0.1) is 20.0 Å². The van der Waals surface area contributed by atoms with Crippen LogP contribution in [0.15, 0.2) is 12.1 Å². The van der Waals surface area contributed by atoms with Gasteiger partial charge in [-0.05, 0) is 60.8 Å². The zero-order valence-electron chi connectivity index (χ0n) is 18.5. The van der Waals surface area contributed by atoms with Gasteiger partial charge in [-0.2, -0.15) is 4.31 Å². The van der Waals surface area contributed by atoms with Gasteiger partial charge in [0.25, 0.3) is 0 Å². The van der Waals surface area contributed by atoms with E-state index in [1.807, 2.05) is 18.2 Å². The monoisotopic (exact) mass is 458 g/mol. The number of hydrogen-bond acceptors (Lipinski definition) is 5. The van der Waals surface area contributed by atoms with Gasteiger partial charge in [-0.15, -0.1) is 12.4 Å². The van der Waals surface area contributed by atoms with E-state index in [4.69, 9.17) is 9.47 Å². The fraction of sp³-hybridized carbons (Fsp3) is 0.727. The number of ether oxygens (including phenoxy) is 2. The SMILES string of the molecule is COc1cc2c(cc1OC)[C@@H]1C[C@H]3[C@H](CCCN3S(=O)(=O)CC(C)C)CN1CC2.Cl. The van der Waals surface area contributed by atoms with Crippen molar-refractivity contribution >= 4 is 22.4 Å². The standard InChI is InChI=1S/C22H34N2O4S.ClH/c1-15(2)14-29(25,26)24-8-5-6-17-13-23-9-7-16-10-21(27-3)22(28-4)11-18(16)20(23)12-19(17)24;/h10-11,15,17,19-20H,5-9,12-14H2,1-4H3;1H/t17-,19+,20+;/m1./s1. The van der Waals surface area contributed by atoms with Crippen LogP contribution in [-0.4, -0.2) is 63.3 Å². The van der Waals surface area contributed by atoms with Crippen LogP contribution in [0.4, 0.5) is 0 Å². The molecule has 0 spiro atoms. The van der Waals surface area contributed by atoms with Gasteiger partial charge in [0, 0.05) is 31.7 Å². The Balaban J connectivity index is 0.00000256. The van der Waals surface area contributed by atoms with Crippen molar-refractivity contribution in [1.29, 1.82) is 0 Å². The molecule has 2 saturated heterocycles. The molecule has 0 amide bonds. The maximum Gasteiger partial charge on any atom is 0.214 e. The second-order valence-electron chi connectivity index (χ2n) is 9.16. The third-order valence-electron chi connectivity index (χ3n) is 6.82. The normalized spacial score (nSPS) is 26.9. The highest BCUT2D eigenvalue weighted by Gasteiger charge is 2.46. The lowest BCUT2D eigenvalue weighted by atomic mass is 9.77. The molecule has 3 aliphatic rings. The Bertz CT molecular complexity index is 861. The minimum absolute atomic E-state index is 0. The number of halogens is 1. The van der Waals surface area contributed by atoms with Crippen molar-refractivity contribution in [2.24, 2.45) is 11.8 Å². The number of hydrogen-bond donors (Lipinski definition) is 0. The summed E-state index contributed by atoms with van der Waals surface area (Å²) in [5.74, 6) is 2.35. The predicted octanol–water partition coefficient (Wildman–Crippen LogP) is 3.49. The molecule has 0 aromatic heterocycles. The Hall–Kier alpha value is -1.02. The molecule has 0 saturated carbocycles. The van der Waals surface area contributed by atoms with Gasteiger partial charge >= 0.3 is 0 Å². The Morgan fingerprint density at radius 3 is 2.50 bits per heavy atom. The number of benzene rings is 1. The van der Waals surface area contributed by atoms with E-state index in [9.17, 15) is 8.42 Å². The van der Waals surface area contributed by atoms with Crippen molar-refractivity contribution < 1.29 is 17.9 Å². The second kappa shape index (κ2) is 9.23. The molecule has 3 atom stereocenters. The van der Waals surface area contributed by atoms with Gasteiger partial charge in [-0.3, -0.25) is 4.90 Å². The number of nitrogens with zero attached hydrogens (tertiary/aromatic N) is 2. The molecule has 3 aliphatic heterocycles. The highest BCUT2D eigenvalue weighted by atomic mass is 35.5. The summed E-state index contributed by atoms with van der Waals surface area (Å²) in [6.07, 6.45) is 3.96. The number of methoxy groups -OCH3 is 2. The first-order chi connectivity index (χ1) is 13.8. The second-order valence-corrected chi connectivity index (χ2v) is 11.1. The maximum absolute atomic E-state index is 13.1. The summed E-state index contributed by atoms with van der Waals surface area (Å²) in [5, 5.41) is 0. The molecular weight excluding hydrogens is 424 g/mol. The molecule has 0 unspecified atom stereocenters. The van der Waals surface area contributed by atoms with Crippen LogP contribution in [0.5, 0.6) is 11.5 Å². The quantitative estimate of drug-likeness (QED) is 0.675. The fourth-order valence-electron chi connectivity index (χ4n) is 5.59. The van der Waals surface area contributed by atoms with Crippen LogP contribution in [-0.2, 0) is 16.4 Å². The lowest BCUT2D eigenvalue weighted by Crippen LogP contribution is -2.57. The average molecular weight is 459 g/mol. The maximum atomic E-state index is 13.1. The van der Waals surface area contributed by atoms with Crippen LogP contribution < -0.4 is 9.47 Å². The highest BCUT2D eigenvalue weighted by Crippen LogP contribution is 2.46. The minimum Gasteiger partial charge on any atom is -0.493 e. The van der Waals surface area contributed by atoms with E-state index < -0.39 is 10.0 Å². The van der Waals surface area contributed by atoms with Crippen molar-refractivity contribution in [1.82, 2.24) is 9.21 Å². The third kappa shape index (κ3) is 4.31. The first-order valence-electron chi connectivity index (χ1n) is 10.8. The number of fused-ring (bicyclic) bond motifs is 4. The molecule has 3 heterocycles. The summed E-state index contributed by atoms with van der Waals surface area (Å²) in [6.45, 7) is 6.64. The van der Waals surface area contributed by atoms with Gasteiger partial charge in [0.2, 0.25) is 10.0 Å². The summed E-state index contributed by atoms with van der Waals surface area (Å²) < 4.78 is 39.1. The first kappa shape index (κ1) is 23.6. The van der Waals surface area contributed by atoms with E-state index in [0.29, 0.717) is 12.5 Å². The molecule has 1 aromatic carbocycles. The number of piperidine rings is 2. The van der Waals surface area contributed by atoms with E-state index in [2.05, 4.69) is 17.0 Å². The summed E-state index contributed by atoms with van der Waals surface area (Å²) in [4.78, 5) is 2.56. The van der Waals surface area contributed by atoms with Gasteiger partial charge in [-0.25, -0.2) is 8.42 Å². The van der Waals surface area contributed by atoms with Gasteiger partial charge in [-0.1, -0.05) is 13.8 Å². The topological polar surface area (TPSA) is 59.1 Å². The molecule has 30 heavy (non-hydrogen) atoms. The Kier molecular flexibility index (Phi) is 7.27. The van der Waals surface area contributed by atoms with E-state index in [1.165, 1.54) is 11.1 Å². The van der Waals surface area contributed by atoms with Crippen LogP contribution in [0.2, 0.25) is 0 Å². The highest BCUT2D eigenvalue weighted by molar-refractivity contribution is 7.89. The summed E-state index contributed by atoms with van der Waals surface area (Å²) in [7, 11) is 0.119. The molecule has 1 aromatic rings. The molecule has 2 fully saturated rings. The zero-order chi connectivity index (χ0) is 20.8. The van der Waals surface area contributed by atoms with Gasteiger partial charge in [0.15, 0.2) is 11.5 Å². The molecule has 0 bridgehead atoms. The number of rotatable bonds is 5. The zero-order valence-corrected chi connectivity index (χ0v) is 20.1. The van der Waals surface area contributed by atoms with Gasteiger partial charge in [0.1, 0.15) is 0 Å². The molecular formula is C22H35ClN2O4S. The van der Waals surface area contributed by atoms with E-state index in [0.717, 1.165) is 50.3 Å². The Labute approximate surface area is 187 Å². The van der Waals surface area contributed by atoms with Crippen molar-refractivity contribution in [3.8, 4) is 11.5 Å². The van der Waals surface area contributed by atoms with E-state index >= 15 is 0 Å². The molecule has 0 N–H and O–H groups in total. The summed E-state index contributed by atoms with van der Waals surface area (Å²) in [5.41, 5.74) is 2.58. The Morgan fingerprint density at radius 1 is 1.13 bits per heavy atom. The average Bonchev–Trinajstić information content (AvgIpc) is 2.69. The van der Waals surface area contributed by atoms with E-state index in [-0.39, 0.29) is 36.2 Å². The molecule has 6 nitrogen and oxygen atoms in total. The van der Waals surface area contributed by atoms with Crippen LogP contribution in [0, 0.1) is 11.8 Å². The minimum atomic E-state index is -3.22. The largest absolute Gasteiger partial charge is 0.493 e. The predicted molar refractivity (Wildman–Crippen MR) is 121 cm³/mol. The van der Waals surface area contributed by atoms with Crippen molar-refractivity contribution in [2.75, 3.05) is 39.6 Å². The van der Waals surface area contributed by atoms with Crippen LogP contribution >= 0.6 is 12.4 Å². The lowest BCUT2D eigenvalue weighted by molar-refractivity contribution is 0.0218. The van der Waals surface area contributed by atoms with Gasteiger partial charge < -0.3 is 9.47 Å². The molecule has 0 aliphatic carbocycles. The summed E-state index contributed by atoms with van der Waals surface area (Å²) in [6, 6.07) is 4.56. The third-order valence-corrected chi connectivity index (χ3v) is 9.07. The molecule has 4 rings (SSSR count). The van der Waals surface area contributed by atoms with Crippen molar-refractivity contribution in [3.63, 3.8) is 0 Å². The summed E-state index contributed by atoms with van der Waals surface area (Å²) >= 11 is 0. The smallest absolute Gasteiger partial charge is 0.214 e. The van der Waals surface area contributed by atoms with Crippen molar-refractivity contribution in [3.05, 3.63) is 23.3 Å². The van der Waals surface area contributed by atoms with Crippen LogP contribution in [0.25, 0.3) is 0 Å². The van der Waals surface area contributed by atoms with Crippen molar-refractivity contribution in [2.45, 2.75) is 51.6 Å². The fourth-order valence-corrected chi connectivity index (χ4v) is 7.70. The van der Waals surface area contributed by atoms with Crippen LogP contribution in [0.3, 0.4) is 0 Å². The Morgan fingerprint density at radius 2 is 1.83 bits per heavy atom. The molecule has 8 heteroatoms. The first-order valence-corrected chi connectivity index (χ1v) is 12.4. The van der Waals surface area contributed by atoms with Crippen LogP contribution in [0.1, 0.15) is 50.3 Å². The van der Waals surface area contributed by atoms with E-state index in [1.54, 1.807) is 14.2 Å². The number of sulfonamides is 1. The molecule has 0 radical (unpaired) electrons. The molecule has 170 valence electrons. The lowest BCUT2D eigenvalue weighted by Gasteiger charge is -2.52.